The Kier molecular flexibility index (Phi) is 6.23. The van der Waals surface area contributed by atoms with E-state index in [1.165, 1.54) is 0 Å². The fourth-order valence-corrected chi connectivity index (χ4v) is 1.77. The second kappa shape index (κ2) is 7.45. The van der Waals surface area contributed by atoms with Crippen LogP contribution in [0.2, 0.25) is 5.15 Å². The molecular weight excluding hydrogens is 278 g/mol. The van der Waals surface area contributed by atoms with Gasteiger partial charge in [0.05, 0.1) is 11.3 Å². The van der Waals surface area contributed by atoms with Crippen molar-refractivity contribution in [3.05, 3.63) is 23.5 Å². The number of carbonyl (C=O) groups is 1. The van der Waals surface area contributed by atoms with E-state index in [-0.39, 0.29) is 11.7 Å². The maximum atomic E-state index is 11.7. The molecule has 6 heteroatoms. The number of carbonyl (C=O) groups excluding carboxylic acids is 1. The molecule has 0 aromatic carbocycles. The number of urea groups is 1. The summed E-state index contributed by atoms with van der Waals surface area (Å²) < 4.78 is 0. The number of hydrogen-bond donors (Lipinski definition) is 3. The third-order valence-electron chi connectivity index (χ3n) is 2.90. The van der Waals surface area contributed by atoms with Crippen molar-refractivity contribution in [2.24, 2.45) is 5.92 Å². The van der Waals surface area contributed by atoms with E-state index in [0.717, 1.165) is 6.42 Å². The van der Waals surface area contributed by atoms with Crippen LogP contribution in [0.25, 0.3) is 0 Å². The normalized spacial score (nSPS) is 13.9. The number of aliphatic hydroxyl groups is 1. The summed E-state index contributed by atoms with van der Waals surface area (Å²) in [6.07, 6.45) is 3.09. The summed E-state index contributed by atoms with van der Waals surface area (Å²) in [7, 11) is 0. The van der Waals surface area contributed by atoms with Gasteiger partial charge < -0.3 is 15.7 Å². The van der Waals surface area contributed by atoms with Gasteiger partial charge in [-0.2, -0.15) is 0 Å². The Morgan fingerprint density at radius 1 is 1.55 bits per heavy atom. The van der Waals surface area contributed by atoms with Crippen molar-refractivity contribution in [1.29, 1.82) is 0 Å². The third kappa shape index (κ3) is 6.21. The van der Waals surface area contributed by atoms with Crippen LogP contribution in [0.15, 0.2) is 18.3 Å². The molecule has 1 aromatic heterocycles. The quantitative estimate of drug-likeness (QED) is 0.707. The van der Waals surface area contributed by atoms with Gasteiger partial charge in [-0.15, -0.1) is 0 Å². The van der Waals surface area contributed by atoms with E-state index in [9.17, 15) is 9.90 Å². The largest absolute Gasteiger partial charge is 0.388 e. The highest BCUT2D eigenvalue weighted by Gasteiger charge is 2.21. The molecule has 5 nitrogen and oxygen atoms in total. The molecule has 1 rings (SSSR count). The minimum absolute atomic E-state index is 0.184. The van der Waals surface area contributed by atoms with Crippen LogP contribution in [0.3, 0.4) is 0 Å². The van der Waals surface area contributed by atoms with Gasteiger partial charge >= 0.3 is 6.03 Å². The van der Waals surface area contributed by atoms with Crippen molar-refractivity contribution in [2.45, 2.75) is 39.2 Å². The number of anilines is 1. The minimum atomic E-state index is -0.916. The summed E-state index contributed by atoms with van der Waals surface area (Å²) in [6.45, 7) is 6.09. The molecule has 1 unspecified atom stereocenters. The van der Waals surface area contributed by atoms with Crippen molar-refractivity contribution in [3.8, 4) is 0 Å². The van der Waals surface area contributed by atoms with E-state index >= 15 is 0 Å². The van der Waals surface area contributed by atoms with Crippen molar-refractivity contribution in [2.75, 3.05) is 11.9 Å². The predicted molar refractivity (Wildman–Crippen MR) is 81.0 cm³/mol. The molecule has 0 saturated carbocycles. The monoisotopic (exact) mass is 299 g/mol. The van der Waals surface area contributed by atoms with Gasteiger partial charge in [0.2, 0.25) is 0 Å². The Bertz CT molecular complexity index is 450. The number of amides is 2. The van der Waals surface area contributed by atoms with Crippen LogP contribution in [-0.4, -0.2) is 28.3 Å². The molecule has 0 aliphatic carbocycles. The molecule has 0 spiro atoms. The van der Waals surface area contributed by atoms with Gasteiger partial charge in [-0.3, -0.25) is 0 Å². The molecule has 1 atom stereocenters. The van der Waals surface area contributed by atoms with Gasteiger partial charge in [0.25, 0.3) is 0 Å². The Balaban J connectivity index is 2.41. The van der Waals surface area contributed by atoms with Crippen LogP contribution in [0.5, 0.6) is 0 Å². The van der Waals surface area contributed by atoms with E-state index in [2.05, 4.69) is 29.5 Å². The molecule has 112 valence electrons. The van der Waals surface area contributed by atoms with Gasteiger partial charge in [-0.25, -0.2) is 9.78 Å². The lowest BCUT2D eigenvalue weighted by molar-refractivity contribution is 0.0481. The standard InChI is InChI=1S/C14H22ClN3O2/c1-10(2)6-7-14(3,20)9-17-13(19)18-11-5-4-8-16-12(11)15/h4-5,8,10,20H,6-7,9H2,1-3H3,(H2,17,18,19). The number of aromatic nitrogens is 1. The van der Waals surface area contributed by atoms with E-state index in [4.69, 9.17) is 11.6 Å². The number of pyridine rings is 1. The van der Waals surface area contributed by atoms with Crippen LogP contribution >= 0.6 is 11.6 Å². The molecule has 0 radical (unpaired) electrons. The lowest BCUT2D eigenvalue weighted by Gasteiger charge is -2.24. The van der Waals surface area contributed by atoms with E-state index in [0.29, 0.717) is 18.0 Å². The third-order valence-corrected chi connectivity index (χ3v) is 3.20. The van der Waals surface area contributed by atoms with Gasteiger partial charge in [0, 0.05) is 12.7 Å². The molecule has 2 amide bonds. The van der Waals surface area contributed by atoms with E-state index < -0.39 is 11.6 Å². The first-order valence-corrected chi connectivity index (χ1v) is 7.06. The van der Waals surface area contributed by atoms with Crippen molar-refractivity contribution >= 4 is 23.3 Å². The first-order valence-electron chi connectivity index (χ1n) is 6.68. The van der Waals surface area contributed by atoms with Crippen molar-refractivity contribution in [1.82, 2.24) is 10.3 Å². The second-order valence-corrected chi connectivity index (χ2v) is 5.94. The van der Waals surface area contributed by atoms with Gasteiger partial charge in [0.1, 0.15) is 0 Å². The molecule has 0 aliphatic heterocycles. The highest BCUT2D eigenvalue weighted by atomic mass is 35.5. The zero-order chi connectivity index (χ0) is 15.2. The Morgan fingerprint density at radius 2 is 2.25 bits per heavy atom. The Labute approximate surface area is 124 Å². The van der Waals surface area contributed by atoms with Crippen LogP contribution in [0, 0.1) is 5.92 Å². The number of halogens is 1. The average molecular weight is 300 g/mol. The summed E-state index contributed by atoms with van der Waals surface area (Å²) in [6, 6.07) is 2.93. The Hall–Kier alpha value is -1.33. The van der Waals surface area contributed by atoms with Crippen LogP contribution in [-0.2, 0) is 0 Å². The molecular formula is C14H22ClN3O2. The predicted octanol–water partition coefficient (Wildman–Crippen LogP) is 3.04. The van der Waals surface area contributed by atoms with Crippen molar-refractivity contribution < 1.29 is 9.90 Å². The van der Waals surface area contributed by atoms with Crippen molar-refractivity contribution in [3.63, 3.8) is 0 Å². The molecule has 0 bridgehead atoms. The molecule has 0 fully saturated rings. The molecule has 0 aliphatic rings. The topological polar surface area (TPSA) is 74.2 Å². The van der Waals surface area contributed by atoms with Gasteiger partial charge in [-0.05, 0) is 37.8 Å². The number of rotatable bonds is 6. The van der Waals surface area contributed by atoms with E-state index in [1.54, 1.807) is 25.3 Å². The highest BCUT2D eigenvalue weighted by Crippen LogP contribution is 2.18. The fourth-order valence-electron chi connectivity index (χ4n) is 1.60. The highest BCUT2D eigenvalue weighted by molar-refractivity contribution is 6.32. The summed E-state index contributed by atoms with van der Waals surface area (Å²) in [4.78, 5) is 15.6. The zero-order valence-electron chi connectivity index (χ0n) is 12.1. The summed E-state index contributed by atoms with van der Waals surface area (Å²) in [5, 5.41) is 15.6. The number of nitrogens with zero attached hydrogens (tertiary/aromatic N) is 1. The maximum Gasteiger partial charge on any atom is 0.319 e. The van der Waals surface area contributed by atoms with Gasteiger partial charge in [-0.1, -0.05) is 25.4 Å². The van der Waals surface area contributed by atoms with Crippen LogP contribution < -0.4 is 10.6 Å². The van der Waals surface area contributed by atoms with Crippen LogP contribution in [0.1, 0.15) is 33.6 Å². The summed E-state index contributed by atoms with van der Waals surface area (Å²) in [5.74, 6) is 0.518. The second-order valence-electron chi connectivity index (χ2n) is 5.58. The lowest BCUT2D eigenvalue weighted by Crippen LogP contribution is -2.42. The molecule has 1 aromatic rings. The Morgan fingerprint density at radius 3 is 2.85 bits per heavy atom. The summed E-state index contributed by atoms with van der Waals surface area (Å²) >= 11 is 5.84. The summed E-state index contributed by atoms with van der Waals surface area (Å²) in [5.41, 5.74) is -0.478. The SMILES string of the molecule is CC(C)CCC(C)(O)CNC(=O)Nc1cccnc1Cl. The average Bonchev–Trinajstić information content (AvgIpc) is 2.37. The van der Waals surface area contributed by atoms with Gasteiger partial charge in [0.15, 0.2) is 5.15 Å². The van der Waals surface area contributed by atoms with Crippen LogP contribution in [0.4, 0.5) is 10.5 Å². The molecule has 3 N–H and O–H groups in total. The molecule has 1 heterocycles. The maximum absolute atomic E-state index is 11.7. The zero-order valence-corrected chi connectivity index (χ0v) is 12.9. The number of hydrogen-bond acceptors (Lipinski definition) is 3. The fraction of sp³-hybridized carbons (Fsp3) is 0.571. The first-order chi connectivity index (χ1) is 9.30. The number of nitrogens with one attached hydrogen (secondary N) is 2. The smallest absolute Gasteiger partial charge is 0.319 e. The molecule has 20 heavy (non-hydrogen) atoms. The van der Waals surface area contributed by atoms with E-state index in [1.807, 2.05) is 0 Å². The lowest BCUT2D eigenvalue weighted by atomic mass is 9.95. The first kappa shape index (κ1) is 16.7. The molecule has 0 saturated heterocycles. The minimum Gasteiger partial charge on any atom is -0.388 e.